The molecule has 4 heteroatoms. The van der Waals surface area contributed by atoms with Crippen LogP contribution in [0.3, 0.4) is 0 Å². The average Bonchev–Trinajstić information content (AvgIpc) is 2.84. The van der Waals surface area contributed by atoms with Gasteiger partial charge in [0, 0.05) is 31.9 Å². The fraction of sp³-hybridized carbons (Fsp3) is 0.632. The molecule has 0 spiro atoms. The molecule has 4 nitrogen and oxygen atoms in total. The molecule has 0 unspecified atom stereocenters. The summed E-state index contributed by atoms with van der Waals surface area (Å²) < 4.78 is 5.26. The van der Waals surface area contributed by atoms with Crippen LogP contribution in [0.25, 0.3) is 0 Å². The van der Waals surface area contributed by atoms with Crippen molar-refractivity contribution in [1.82, 2.24) is 10.2 Å². The number of nitrogens with zero attached hydrogens (tertiary/aromatic N) is 1. The van der Waals surface area contributed by atoms with Crippen molar-refractivity contribution in [2.24, 2.45) is 0 Å². The Morgan fingerprint density at radius 3 is 2.48 bits per heavy atom. The Balaban J connectivity index is 1.75. The topological polar surface area (TPSA) is 41.6 Å². The maximum Gasteiger partial charge on any atom is 0.251 e. The molecule has 1 aliphatic heterocycles. The highest BCUT2D eigenvalue weighted by Crippen LogP contribution is 2.13. The third-order valence-electron chi connectivity index (χ3n) is 4.28. The summed E-state index contributed by atoms with van der Waals surface area (Å²) in [6.07, 6.45) is 6.19. The van der Waals surface area contributed by atoms with Gasteiger partial charge in [-0.15, -0.1) is 0 Å². The number of hydrogen-bond acceptors (Lipinski definition) is 3. The molecule has 1 fully saturated rings. The molecule has 1 N–H and O–H groups in total. The fourth-order valence-electron chi connectivity index (χ4n) is 2.94. The number of benzene rings is 1. The van der Waals surface area contributed by atoms with Gasteiger partial charge in [0.15, 0.2) is 0 Å². The van der Waals surface area contributed by atoms with Crippen LogP contribution in [0.1, 0.15) is 54.9 Å². The smallest absolute Gasteiger partial charge is 0.251 e. The number of hydrogen-bond donors (Lipinski definition) is 1. The molecule has 1 aromatic carbocycles. The molecule has 0 bridgehead atoms. The van der Waals surface area contributed by atoms with Gasteiger partial charge in [-0.2, -0.15) is 0 Å². The second-order valence-corrected chi connectivity index (χ2v) is 6.19. The first-order valence-corrected chi connectivity index (χ1v) is 8.97. The van der Waals surface area contributed by atoms with Crippen LogP contribution in [-0.4, -0.2) is 43.7 Å². The number of nitrogens with one attached hydrogen (secondary N) is 1. The lowest BCUT2D eigenvalue weighted by Crippen LogP contribution is -2.25. The summed E-state index contributed by atoms with van der Waals surface area (Å²) in [6.45, 7) is 7.46. The largest absolute Gasteiger partial charge is 0.382 e. The van der Waals surface area contributed by atoms with Crippen molar-refractivity contribution in [2.75, 3.05) is 32.8 Å². The fourth-order valence-corrected chi connectivity index (χ4v) is 2.94. The highest BCUT2D eigenvalue weighted by molar-refractivity contribution is 5.94. The minimum atomic E-state index is 0.00261. The zero-order valence-corrected chi connectivity index (χ0v) is 14.4. The molecule has 0 atom stereocenters. The van der Waals surface area contributed by atoms with Crippen LogP contribution in [0.4, 0.5) is 0 Å². The van der Waals surface area contributed by atoms with Gasteiger partial charge in [-0.3, -0.25) is 9.69 Å². The molecule has 0 radical (unpaired) electrons. The standard InChI is InChI=1S/C19H30N2O2/c1-2-23-15-7-12-20-19(22)18-10-8-17(9-11-18)16-21-13-5-3-4-6-14-21/h8-11H,2-7,12-16H2,1H3,(H,20,22). The minimum Gasteiger partial charge on any atom is -0.382 e. The van der Waals surface area contributed by atoms with Crippen LogP contribution in [0, 0.1) is 0 Å². The van der Waals surface area contributed by atoms with Crippen LogP contribution < -0.4 is 5.32 Å². The van der Waals surface area contributed by atoms with E-state index in [1.54, 1.807) is 0 Å². The summed E-state index contributed by atoms with van der Waals surface area (Å²) in [5, 5.41) is 2.94. The third-order valence-corrected chi connectivity index (χ3v) is 4.28. The van der Waals surface area contributed by atoms with Crippen LogP contribution in [-0.2, 0) is 11.3 Å². The molecule has 1 saturated heterocycles. The lowest BCUT2D eigenvalue weighted by atomic mass is 10.1. The number of carbonyl (C=O) groups is 1. The van der Waals surface area contributed by atoms with Crippen molar-refractivity contribution in [3.63, 3.8) is 0 Å². The van der Waals surface area contributed by atoms with Gasteiger partial charge in [-0.1, -0.05) is 25.0 Å². The normalized spacial score (nSPS) is 16.0. The summed E-state index contributed by atoms with van der Waals surface area (Å²) in [6, 6.07) is 8.04. The van der Waals surface area contributed by atoms with E-state index in [4.69, 9.17) is 4.74 Å². The van der Waals surface area contributed by atoms with E-state index < -0.39 is 0 Å². The van der Waals surface area contributed by atoms with E-state index in [-0.39, 0.29) is 5.91 Å². The van der Waals surface area contributed by atoms with Gasteiger partial charge in [0.05, 0.1) is 0 Å². The molecule has 0 aromatic heterocycles. The van der Waals surface area contributed by atoms with Crippen molar-refractivity contribution < 1.29 is 9.53 Å². The second kappa shape index (κ2) is 10.4. The zero-order chi connectivity index (χ0) is 16.3. The van der Waals surface area contributed by atoms with E-state index in [1.807, 2.05) is 19.1 Å². The molecule has 23 heavy (non-hydrogen) atoms. The van der Waals surface area contributed by atoms with Gasteiger partial charge in [0.25, 0.3) is 5.91 Å². The van der Waals surface area contributed by atoms with Gasteiger partial charge < -0.3 is 10.1 Å². The molecule has 0 saturated carbocycles. The van der Waals surface area contributed by atoms with E-state index in [0.29, 0.717) is 13.2 Å². The monoisotopic (exact) mass is 318 g/mol. The Labute approximate surface area is 140 Å². The lowest BCUT2D eigenvalue weighted by Gasteiger charge is -2.19. The minimum absolute atomic E-state index is 0.00261. The van der Waals surface area contributed by atoms with Gasteiger partial charge in [-0.25, -0.2) is 0 Å². The first kappa shape index (κ1) is 18.0. The number of amides is 1. The van der Waals surface area contributed by atoms with E-state index >= 15 is 0 Å². The number of rotatable bonds is 8. The number of likely N-dealkylation sites (tertiary alicyclic amines) is 1. The van der Waals surface area contributed by atoms with Crippen LogP contribution in [0.15, 0.2) is 24.3 Å². The Bertz CT molecular complexity index is 451. The molecular weight excluding hydrogens is 288 g/mol. The van der Waals surface area contributed by atoms with Crippen molar-refractivity contribution in [3.8, 4) is 0 Å². The Hall–Kier alpha value is -1.39. The van der Waals surface area contributed by atoms with E-state index in [0.717, 1.165) is 25.1 Å². The summed E-state index contributed by atoms with van der Waals surface area (Å²) in [5.41, 5.74) is 2.03. The summed E-state index contributed by atoms with van der Waals surface area (Å²) in [4.78, 5) is 14.6. The SMILES string of the molecule is CCOCCCNC(=O)c1ccc(CN2CCCCCC2)cc1. The predicted molar refractivity (Wildman–Crippen MR) is 93.6 cm³/mol. The molecular formula is C19H30N2O2. The Morgan fingerprint density at radius 2 is 1.83 bits per heavy atom. The van der Waals surface area contributed by atoms with Gasteiger partial charge in [-0.05, 0) is 57.0 Å². The average molecular weight is 318 g/mol. The maximum absolute atomic E-state index is 12.1. The highest BCUT2D eigenvalue weighted by atomic mass is 16.5. The van der Waals surface area contributed by atoms with Crippen molar-refractivity contribution >= 4 is 5.91 Å². The van der Waals surface area contributed by atoms with Crippen LogP contribution in [0.5, 0.6) is 0 Å². The molecule has 128 valence electrons. The molecule has 2 rings (SSSR count). The Kier molecular flexibility index (Phi) is 8.12. The van der Waals surface area contributed by atoms with Gasteiger partial charge >= 0.3 is 0 Å². The van der Waals surface area contributed by atoms with E-state index in [9.17, 15) is 4.79 Å². The molecule has 1 amide bonds. The van der Waals surface area contributed by atoms with Crippen molar-refractivity contribution in [2.45, 2.75) is 45.6 Å². The quantitative estimate of drug-likeness (QED) is 0.748. The third kappa shape index (κ3) is 6.71. The lowest BCUT2D eigenvalue weighted by molar-refractivity contribution is 0.0944. The van der Waals surface area contributed by atoms with E-state index in [2.05, 4.69) is 22.3 Å². The second-order valence-electron chi connectivity index (χ2n) is 6.19. The van der Waals surface area contributed by atoms with Gasteiger partial charge in [0.1, 0.15) is 0 Å². The number of carbonyl (C=O) groups excluding carboxylic acids is 1. The maximum atomic E-state index is 12.1. The van der Waals surface area contributed by atoms with Crippen LogP contribution >= 0.6 is 0 Å². The first-order chi connectivity index (χ1) is 11.3. The van der Waals surface area contributed by atoms with Crippen LogP contribution in [0.2, 0.25) is 0 Å². The summed E-state index contributed by atoms with van der Waals surface area (Å²) in [5.74, 6) is 0.00261. The molecule has 0 aliphatic carbocycles. The summed E-state index contributed by atoms with van der Waals surface area (Å²) in [7, 11) is 0. The van der Waals surface area contributed by atoms with E-state index in [1.165, 1.54) is 44.3 Å². The molecule has 1 aliphatic rings. The molecule has 1 heterocycles. The number of ether oxygens (including phenoxy) is 1. The predicted octanol–water partition coefficient (Wildman–Crippen LogP) is 3.22. The summed E-state index contributed by atoms with van der Waals surface area (Å²) >= 11 is 0. The van der Waals surface area contributed by atoms with Gasteiger partial charge in [0.2, 0.25) is 0 Å². The molecule has 1 aromatic rings. The van der Waals surface area contributed by atoms with Crippen molar-refractivity contribution in [3.05, 3.63) is 35.4 Å². The Morgan fingerprint density at radius 1 is 1.13 bits per heavy atom. The zero-order valence-electron chi connectivity index (χ0n) is 14.4. The first-order valence-electron chi connectivity index (χ1n) is 8.97. The van der Waals surface area contributed by atoms with Crippen molar-refractivity contribution in [1.29, 1.82) is 0 Å². The highest BCUT2D eigenvalue weighted by Gasteiger charge is 2.10.